The van der Waals surface area contributed by atoms with Crippen molar-refractivity contribution in [1.82, 2.24) is 0 Å². The third-order valence-corrected chi connectivity index (χ3v) is 5.41. The van der Waals surface area contributed by atoms with Gasteiger partial charge in [-0.3, -0.25) is 0 Å². The maximum Gasteiger partial charge on any atom is 0.166 e. The Morgan fingerprint density at radius 1 is 1.15 bits per heavy atom. The second-order valence-corrected chi connectivity index (χ2v) is 7.48. The molecule has 0 aromatic heterocycles. The zero-order valence-corrected chi connectivity index (χ0v) is 16.1. The molecule has 0 bridgehead atoms. The van der Waals surface area contributed by atoms with Crippen molar-refractivity contribution in [2.24, 2.45) is 11.8 Å². The van der Waals surface area contributed by atoms with E-state index in [4.69, 9.17) is 10.00 Å². The van der Waals surface area contributed by atoms with Crippen LogP contribution in [0.1, 0.15) is 76.7 Å². The molecule has 0 heterocycles. The van der Waals surface area contributed by atoms with Crippen LogP contribution in [0.5, 0.6) is 5.75 Å². The molecule has 1 aliphatic rings. The third-order valence-electron chi connectivity index (χ3n) is 5.41. The summed E-state index contributed by atoms with van der Waals surface area (Å²) in [5.74, 6) is 1.29. The molecule has 0 atom stereocenters. The molecule has 0 N–H and O–H groups in total. The van der Waals surface area contributed by atoms with Crippen molar-refractivity contribution < 1.29 is 9.13 Å². The summed E-state index contributed by atoms with van der Waals surface area (Å²) >= 11 is 0. The first kappa shape index (κ1) is 20.5. The molecule has 2 rings (SSSR count). The quantitative estimate of drug-likeness (QED) is 0.341. The Bertz CT molecular complexity index is 597. The van der Waals surface area contributed by atoms with Gasteiger partial charge in [0, 0.05) is 0 Å². The molecule has 1 saturated carbocycles. The van der Waals surface area contributed by atoms with Gasteiger partial charge in [0.1, 0.15) is 6.61 Å². The fourth-order valence-corrected chi connectivity index (χ4v) is 3.78. The van der Waals surface area contributed by atoms with E-state index in [0.717, 1.165) is 5.92 Å². The SMILES string of the molecule is CCCCCCC[C@H]1CC[C@H](/C=C/COc2ccc(C#N)cc2F)CC1. The van der Waals surface area contributed by atoms with E-state index in [-0.39, 0.29) is 5.75 Å². The van der Waals surface area contributed by atoms with Gasteiger partial charge in [0.05, 0.1) is 11.6 Å². The van der Waals surface area contributed by atoms with Gasteiger partial charge in [0.25, 0.3) is 0 Å². The van der Waals surface area contributed by atoms with E-state index in [0.29, 0.717) is 18.1 Å². The van der Waals surface area contributed by atoms with E-state index < -0.39 is 5.82 Å². The fraction of sp³-hybridized carbons (Fsp3) is 0.609. The molecule has 3 heteroatoms. The van der Waals surface area contributed by atoms with Gasteiger partial charge >= 0.3 is 0 Å². The Balaban J connectivity index is 1.61. The molecule has 0 amide bonds. The molecule has 0 saturated heterocycles. The lowest BCUT2D eigenvalue weighted by Gasteiger charge is -2.26. The van der Waals surface area contributed by atoms with Crippen molar-refractivity contribution in [1.29, 1.82) is 5.26 Å². The number of hydrogen-bond acceptors (Lipinski definition) is 2. The minimum atomic E-state index is -0.475. The molecule has 1 fully saturated rings. The summed E-state index contributed by atoms with van der Waals surface area (Å²) in [5.41, 5.74) is 0.313. The fourth-order valence-electron chi connectivity index (χ4n) is 3.78. The van der Waals surface area contributed by atoms with Crippen LogP contribution in [0.3, 0.4) is 0 Å². The van der Waals surface area contributed by atoms with Gasteiger partial charge in [0.2, 0.25) is 0 Å². The lowest BCUT2D eigenvalue weighted by atomic mass is 9.79. The number of ether oxygens (including phenoxy) is 1. The Morgan fingerprint density at radius 3 is 2.62 bits per heavy atom. The highest BCUT2D eigenvalue weighted by molar-refractivity contribution is 5.36. The highest BCUT2D eigenvalue weighted by Gasteiger charge is 2.18. The van der Waals surface area contributed by atoms with E-state index in [1.807, 2.05) is 12.1 Å². The van der Waals surface area contributed by atoms with Crippen LogP contribution in [0.2, 0.25) is 0 Å². The second kappa shape index (κ2) is 11.7. The van der Waals surface area contributed by atoms with Gasteiger partial charge in [-0.1, -0.05) is 57.6 Å². The average Bonchev–Trinajstić information content (AvgIpc) is 2.67. The first-order valence-corrected chi connectivity index (χ1v) is 10.2. The van der Waals surface area contributed by atoms with E-state index in [1.54, 1.807) is 6.07 Å². The Kier molecular flexibility index (Phi) is 9.24. The maximum absolute atomic E-state index is 13.7. The van der Waals surface area contributed by atoms with Crippen LogP contribution < -0.4 is 4.74 Å². The number of benzene rings is 1. The van der Waals surface area contributed by atoms with E-state index in [9.17, 15) is 4.39 Å². The first-order valence-electron chi connectivity index (χ1n) is 10.2. The van der Waals surface area contributed by atoms with Gasteiger partial charge < -0.3 is 4.74 Å². The van der Waals surface area contributed by atoms with Crippen molar-refractivity contribution in [2.45, 2.75) is 71.1 Å². The lowest BCUT2D eigenvalue weighted by Crippen LogP contribution is -2.13. The summed E-state index contributed by atoms with van der Waals surface area (Å²) in [6.07, 6.45) is 17.8. The maximum atomic E-state index is 13.7. The normalized spacial score (nSPS) is 20.2. The van der Waals surface area contributed by atoms with E-state index in [1.165, 1.54) is 76.3 Å². The monoisotopic (exact) mass is 357 g/mol. The predicted octanol–water partition coefficient (Wildman–Crippen LogP) is 6.80. The largest absolute Gasteiger partial charge is 0.486 e. The zero-order valence-electron chi connectivity index (χ0n) is 16.1. The van der Waals surface area contributed by atoms with Crippen molar-refractivity contribution in [2.75, 3.05) is 6.61 Å². The van der Waals surface area contributed by atoms with Crippen LogP contribution in [-0.4, -0.2) is 6.61 Å². The number of rotatable bonds is 10. The summed E-state index contributed by atoms with van der Waals surface area (Å²) in [7, 11) is 0. The Labute approximate surface area is 158 Å². The molecule has 0 aliphatic heterocycles. The molecular weight excluding hydrogens is 325 g/mol. The Hall–Kier alpha value is -1.82. The summed E-state index contributed by atoms with van der Waals surface area (Å²) < 4.78 is 19.2. The topological polar surface area (TPSA) is 33.0 Å². The highest BCUT2D eigenvalue weighted by atomic mass is 19.1. The summed E-state index contributed by atoms with van der Waals surface area (Å²) in [4.78, 5) is 0. The average molecular weight is 358 g/mol. The van der Waals surface area contributed by atoms with Crippen LogP contribution in [0.4, 0.5) is 4.39 Å². The molecule has 0 spiro atoms. The van der Waals surface area contributed by atoms with Gasteiger partial charge in [0.15, 0.2) is 11.6 Å². The summed E-state index contributed by atoms with van der Waals surface area (Å²) in [5, 5.41) is 8.74. The summed E-state index contributed by atoms with van der Waals surface area (Å²) in [6, 6.07) is 6.23. The second-order valence-electron chi connectivity index (χ2n) is 7.48. The standard InChI is InChI=1S/C23H32FNO/c1-2-3-4-5-6-8-19-10-12-20(13-11-19)9-7-16-26-23-15-14-21(18-25)17-22(23)24/h7,9,14-15,17,19-20H,2-6,8,10-13,16H2,1H3/b9-7+/t19-,20-. The van der Waals surface area contributed by atoms with Crippen molar-refractivity contribution in [3.05, 3.63) is 41.7 Å². The van der Waals surface area contributed by atoms with Crippen molar-refractivity contribution in [3.8, 4) is 11.8 Å². The molecule has 1 aromatic carbocycles. The van der Waals surface area contributed by atoms with Crippen LogP contribution in [0.25, 0.3) is 0 Å². The lowest BCUT2D eigenvalue weighted by molar-refractivity contribution is 0.287. The highest BCUT2D eigenvalue weighted by Crippen LogP contribution is 2.32. The molecule has 26 heavy (non-hydrogen) atoms. The van der Waals surface area contributed by atoms with Crippen LogP contribution in [0.15, 0.2) is 30.4 Å². The number of halogens is 1. The first-order chi connectivity index (χ1) is 12.7. The van der Waals surface area contributed by atoms with Crippen LogP contribution in [0, 0.1) is 29.0 Å². The van der Waals surface area contributed by atoms with Crippen molar-refractivity contribution in [3.63, 3.8) is 0 Å². The number of nitriles is 1. The molecule has 1 aromatic rings. The third kappa shape index (κ3) is 7.20. The zero-order chi connectivity index (χ0) is 18.6. The van der Waals surface area contributed by atoms with Gasteiger partial charge in [-0.2, -0.15) is 5.26 Å². The molecule has 0 radical (unpaired) electrons. The number of allylic oxidation sites excluding steroid dienone is 1. The van der Waals surface area contributed by atoms with Gasteiger partial charge in [-0.15, -0.1) is 0 Å². The minimum absolute atomic E-state index is 0.209. The molecule has 0 unspecified atom stereocenters. The molecule has 142 valence electrons. The smallest absolute Gasteiger partial charge is 0.166 e. The molecular formula is C23H32FNO. The number of nitrogens with zero attached hydrogens (tertiary/aromatic N) is 1. The summed E-state index contributed by atoms with van der Waals surface area (Å²) in [6.45, 7) is 2.64. The van der Waals surface area contributed by atoms with Crippen molar-refractivity contribution >= 4 is 0 Å². The Morgan fingerprint density at radius 2 is 1.92 bits per heavy atom. The molecule has 2 nitrogen and oxygen atoms in total. The minimum Gasteiger partial charge on any atom is -0.486 e. The van der Waals surface area contributed by atoms with Gasteiger partial charge in [-0.25, -0.2) is 4.39 Å². The van der Waals surface area contributed by atoms with Crippen LogP contribution in [-0.2, 0) is 0 Å². The predicted molar refractivity (Wildman–Crippen MR) is 105 cm³/mol. The number of hydrogen-bond donors (Lipinski definition) is 0. The van der Waals surface area contributed by atoms with E-state index >= 15 is 0 Å². The number of unbranched alkanes of at least 4 members (excludes halogenated alkanes) is 4. The van der Waals surface area contributed by atoms with Crippen LogP contribution >= 0.6 is 0 Å². The molecule has 1 aliphatic carbocycles. The van der Waals surface area contributed by atoms with E-state index in [2.05, 4.69) is 13.0 Å². The van der Waals surface area contributed by atoms with Gasteiger partial charge in [-0.05, 0) is 55.7 Å².